The van der Waals surface area contributed by atoms with Gasteiger partial charge in [0.05, 0.1) is 11.0 Å². The number of fused-ring (bicyclic) bond motifs is 5. The molecular weight excluding hydrogens is 410 g/mol. The number of halogens is 1. The minimum atomic E-state index is 0.594. The summed E-state index contributed by atoms with van der Waals surface area (Å²) in [5.41, 5.74) is 2.43. The van der Waals surface area contributed by atoms with Crippen LogP contribution in [0.15, 0.2) is 29.0 Å². The van der Waals surface area contributed by atoms with Crippen LogP contribution in [0.1, 0.15) is 76.7 Å². The van der Waals surface area contributed by atoms with E-state index in [2.05, 4.69) is 49.7 Å². The number of hydrogen-bond donors (Lipinski definition) is 0. The Kier molecular flexibility index (Phi) is 4.57. The third-order valence-corrected chi connectivity index (χ3v) is 9.01. The van der Waals surface area contributed by atoms with E-state index in [4.69, 9.17) is 4.98 Å². The molecule has 150 valence electrons. The molecule has 3 nitrogen and oxygen atoms in total. The van der Waals surface area contributed by atoms with Crippen molar-refractivity contribution in [1.82, 2.24) is 14.5 Å². The zero-order valence-electron chi connectivity index (χ0n) is 16.8. The molecule has 4 fully saturated rings. The lowest BCUT2D eigenvalue weighted by atomic mass is 9.68. The molecule has 0 N–H and O–H groups in total. The molecule has 4 aliphatic rings. The summed E-state index contributed by atoms with van der Waals surface area (Å²) in [6, 6.07) is 11.7. The maximum Gasteiger partial charge on any atom is 0.178 e. The van der Waals surface area contributed by atoms with Crippen LogP contribution in [0.5, 0.6) is 0 Å². The van der Waals surface area contributed by atoms with Gasteiger partial charge in [-0.3, -0.25) is 4.90 Å². The fraction of sp³-hybridized carbons (Fsp3) is 0.708. The number of nitrogens with zero attached hydrogens (tertiary/aromatic N) is 3. The summed E-state index contributed by atoms with van der Waals surface area (Å²) in [6.07, 6.45) is 15.9. The van der Waals surface area contributed by atoms with Gasteiger partial charge in [0.1, 0.15) is 0 Å². The normalized spacial score (nSPS) is 38.6. The number of rotatable bonds is 2. The van der Waals surface area contributed by atoms with Crippen LogP contribution in [-0.2, 0) is 0 Å². The van der Waals surface area contributed by atoms with Crippen LogP contribution in [0.2, 0.25) is 0 Å². The molecule has 2 aliphatic heterocycles. The Morgan fingerprint density at radius 3 is 2.18 bits per heavy atom. The molecule has 0 spiro atoms. The molecule has 6 rings (SSSR count). The van der Waals surface area contributed by atoms with Crippen LogP contribution in [0, 0.1) is 11.8 Å². The lowest BCUT2D eigenvalue weighted by Gasteiger charge is -2.55. The van der Waals surface area contributed by atoms with Crippen LogP contribution in [0.4, 0.5) is 0 Å². The second kappa shape index (κ2) is 7.12. The van der Waals surface area contributed by atoms with E-state index < -0.39 is 0 Å². The second-order valence-corrected chi connectivity index (χ2v) is 10.8. The van der Waals surface area contributed by atoms with E-state index in [-0.39, 0.29) is 0 Å². The SMILES string of the molecule is Brc1nc2ccccc2n1[C@H]1CC2CCC[C@@H](C1)N2[C@H]1C[C@@H]2CCC[C@@H](C2)C1. The standard InChI is InChI=1S/C24H32BrN3/c25-24-26-22-9-1-2-10-23(22)28(24)21-14-18-7-4-8-19(15-21)27(18)20-12-16-5-3-6-17(11-16)13-20/h1-2,9-10,16-21H,3-8,11-15H2/t16-,17+,18-,19?,20+,21+/m0/s1. The fourth-order valence-corrected chi connectivity index (χ4v) is 8.17. The van der Waals surface area contributed by atoms with Gasteiger partial charge in [0.25, 0.3) is 0 Å². The number of benzene rings is 1. The van der Waals surface area contributed by atoms with Gasteiger partial charge in [-0.15, -0.1) is 0 Å². The van der Waals surface area contributed by atoms with Gasteiger partial charge in [0.15, 0.2) is 4.73 Å². The van der Waals surface area contributed by atoms with Crippen molar-refractivity contribution >= 4 is 27.0 Å². The number of hydrogen-bond acceptors (Lipinski definition) is 2. The first kappa shape index (κ1) is 17.9. The van der Waals surface area contributed by atoms with Gasteiger partial charge in [-0.1, -0.05) is 37.8 Å². The molecule has 2 aliphatic carbocycles. The average molecular weight is 442 g/mol. The molecule has 4 bridgehead atoms. The highest BCUT2D eigenvalue weighted by molar-refractivity contribution is 9.10. The van der Waals surface area contributed by atoms with Crippen LogP contribution in [0.3, 0.4) is 0 Å². The summed E-state index contributed by atoms with van der Waals surface area (Å²) >= 11 is 3.79. The van der Waals surface area contributed by atoms with Gasteiger partial charge in [-0.25, -0.2) is 4.98 Å². The largest absolute Gasteiger partial charge is 0.315 e. The van der Waals surface area contributed by atoms with Crippen molar-refractivity contribution in [3.8, 4) is 0 Å². The highest BCUT2D eigenvalue weighted by atomic mass is 79.9. The topological polar surface area (TPSA) is 21.1 Å². The zero-order valence-corrected chi connectivity index (χ0v) is 18.4. The van der Waals surface area contributed by atoms with Gasteiger partial charge in [0, 0.05) is 24.2 Å². The minimum Gasteiger partial charge on any atom is -0.315 e. The Balaban J connectivity index is 1.28. The third-order valence-electron chi connectivity index (χ3n) is 8.45. The first-order valence-electron chi connectivity index (χ1n) is 11.7. The molecule has 0 radical (unpaired) electrons. The molecule has 1 aromatic carbocycles. The summed E-state index contributed by atoms with van der Waals surface area (Å²) in [5, 5.41) is 0. The minimum absolute atomic E-state index is 0.594. The summed E-state index contributed by atoms with van der Waals surface area (Å²) in [4.78, 5) is 7.85. The van der Waals surface area contributed by atoms with E-state index in [1.165, 1.54) is 76.1 Å². The first-order valence-corrected chi connectivity index (χ1v) is 12.5. The van der Waals surface area contributed by atoms with Crippen LogP contribution in [-0.4, -0.2) is 32.6 Å². The molecule has 2 aromatic rings. The molecule has 4 heteroatoms. The van der Waals surface area contributed by atoms with Crippen molar-refractivity contribution in [2.45, 2.75) is 94.8 Å². The molecular formula is C24H32BrN3. The highest BCUT2D eigenvalue weighted by Gasteiger charge is 2.45. The maximum absolute atomic E-state index is 4.80. The third kappa shape index (κ3) is 2.98. The van der Waals surface area contributed by atoms with Crippen molar-refractivity contribution in [3.05, 3.63) is 29.0 Å². The number of para-hydroxylation sites is 2. The maximum atomic E-state index is 4.80. The molecule has 1 unspecified atom stereocenters. The van der Waals surface area contributed by atoms with Crippen LogP contribution in [0.25, 0.3) is 11.0 Å². The smallest absolute Gasteiger partial charge is 0.178 e. The summed E-state index contributed by atoms with van der Waals surface area (Å²) in [6.45, 7) is 0. The summed E-state index contributed by atoms with van der Waals surface area (Å²) < 4.78 is 3.53. The molecule has 2 saturated heterocycles. The van der Waals surface area contributed by atoms with Gasteiger partial charge in [0.2, 0.25) is 0 Å². The molecule has 1 aromatic heterocycles. The molecule has 3 heterocycles. The number of aromatic nitrogens is 2. The van der Waals surface area contributed by atoms with Crippen molar-refractivity contribution in [2.24, 2.45) is 11.8 Å². The predicted molar refractivity (Wildman–Crippen MR) is 117 cm³/mol. The number of imidazole rings is 1. The Bertz CT molecular complexity index is 835. The summed E-state index contributed by atoms with van der Waals surface area (Å²) in [5.74, 6) is 2.06. The van der Waals surface area contributed by atoms with E-state index >= 15 is 0 Å². The first-order chi connectivity index (χ1) is 13.8. The zero-order chi connectivity index (χ0) is 18.7. The second-order valence-electron chi connectivity index (χ2n) is 10.1. The average Bonchev–Trinajstić information content (AvgIpc) is 3.02. The van der Waals surface area contributed by atoms with E-state index in [1.807, 2.05) is 0 Å². The Hall–Kier alpha value is -0.870. The Labute approximate surface area is 177 Å². The number of piperidine rings is 2. The highest BCUT2D eigenvalue weighted by Crippen LogP contribution is 2.48. The van der Waals surface area contributed by atoms with Crippen molar-refractivity contribution < 1.29 is 0 Å². The van der Waals surface area contributed by atoms with E-state index in [0.717, 1.165) is 40.2 Å². The molecule has 28 heavy (non-hydrogen) atoms. The van der Waals surface area contributed by atoms with Crippen LogP contribution >= 0.6 is 15.9 Å². The lowest BCUT2D eigenvalue weighted by molar-refractivity contribution is -0.0484. The van der Waals surface area contributed by atoms with Gasteiger partial charge in [-0.05, 0) is 84.8 Å². The van der Waals surface area contributed by atoms with Crippen LogP contribution < -0.4 is 0 Å². The lowest BCUT2D eigenvalue weighted by Crippen LogP contribution is -2.58. The quantitative estimate of drug-likeness (QED) is 0.542. The van der Waals surface area contributed by atoms with E-state index in [1.54, 1.807) is 0 Å². The van der Waals surface area contributed by atoms with E-state index in [0.29, 0.717) is 6.04 Å². The molecule has 0 amide bonds. The van der Waals surface area contributed by atoms with E-state index in [9.17, 15) is 0 Å². The van der Waals surface area contributed by atoms with Crippen molar-refractivity contribution in [3.63, 3.8) is 0 Å². The van der Waals surface area contributed by atoms with Gasteiger partial charge >= 0.3 is 0 Å². The molecule has 6 atom stereocenters. The molecule has 2 saturated carbocycles. The Morgan fingerprint density at radius 2 is 1.43 bits per heavy atom. The predicted octanol–water partition coefficient (Wildman–Crippen LogP) is 6.33. The monoisotopic (exact) mass is 441 g/mol. The van der Waals surface area contributed by atoms with Crippen molar-refractivity contribution in [1.29, 1.82) is 0 Å². The van der Waals surface area contributed by atoms with Gasteiger partial charge < -0.3 is 4.57 Å². The summed E-state index contributed by atoms with van der Waals surface area (Å²) in [7, 11) is 0. The van der Waals surface area contributed by atoms with Crippen molar-refractivity contribution in [2.75, 3.05) is 0 Å². The van der Waals surface area contributed by atoms with Gasteiger partial charge in [-0.2, -0.15) is 0 Å². The fourth-order valence-electron chi connectivity index (χ4n) is 7.50. The Morgan fingerprint density at radius 1 is 0.750 bits per heavy atom.